The third kappa shape index (κ3) is 4.27. The number of methoxy groups -OCH3 is 1. The second-order valence-corrected chi connectivity index (χ2v) is 5.96. The molecule has 4 rings (SSSR count). The number of anilines is 1. The molecule has 0 aliphatic rings. The van der Waals surface area contributed by atoms with Crippen molar-refractivity contribution in [1.29, 1.82) is 0 Å². The number of amides is 1. The highest BCUT2D eigenvalue weighted by Crippen LogP contribution is 2.28. The molecule has 8 heteroatoms. The first-order valence-electron chi connectivity index (χ1n) is 8.76. The van der Waals surface area contributed by atoms with E-state index in [1.54, 1.807) is 61.7 Å². The minimum absolute atomic E-state index is 0.151. The maximum atomic E-state index is 12.3. The average molecular weight is 391 g/mol. The number of carbonyl (C=O) groups excluding carboxylic acids is 1. The van der Waals surface area contributed by atoms with E-state index in [9.17, 15) is 4.79 Å². The Morgan fingerprint density at radius 1 is 1.03 bits per heavy atom. The van der Waals surface area contributed by atoms with Crippen LogP contribution in [0.3, 0.4) is 0 Å². The van der Waals surface area contributed by atoms with E-state index in [4.69, 9.17) is 18.4 Å². The van der Waals surface area contributed by atoms with Gasteiger partial charge >= 0.3 is 0 Å². The molecule has 1 N–H and O–H groups in total. The van der Waals surface area contributed by atoms with Crippen LogP contribution in [0.1, 0.15) is 0 Å². The predicted molar refractivity (Wildman–Crippen MR) is 105 cm³/mol. The van der Waals surface area contributed by atoms with Gasteiger partial charge in [0.25, 0.3) is 11.8 Å². The molecule has 0 atom stereocenters. The SMILES string of the molecule is COc1ccc(OCC(=O)Nc2ccccc2-c2nc(-c3ccco3)no2)cc1. The highest BCUT2D eigenvalue weighted by atomic mass is 16.5. The van der Waals surface area contributed by atoms with Gasteiger partial charge in [0.1, 0.15) is 11.5 Å². The molecule has 2 aromatic heterocycles. The monoisotopic (exact) mass is 391 g/mol. The Morgan fingerprint density at radius 2 is 1.83 bits per heavy atom. The van der Waals surface area contributed by atoms with Crippen molar-refractivity contribution < 1.29 is 23.2 Å². The van der Waals surface area contributed by atoms with Crippen LogP contribution in [-0.2, 0) is 4.79 Å². The average Bonchev–Trinajstić information content (AvgIpc) is 3.45. The van der Waals surface area contributed by atoms with E-state index >= 15 is 0 Å². The van der Waals surface area contributed by atoms with Gasteiger partial charge in [0.15, 0.2) is 12.4 Å². The molecule has 0 saturated heterocycles. The number of nitrogens with one attached hydrogen (secondary N) is 1. The number of hydrogen-bond acceptors (Lipinski definition) is 7. The van der Waals surface area contributed by atoms with Crippen LogP contribution in [0.15, 0.2) is 75.9 Å². The second-order valence-electron chi connectivity index (χ2n) is 5.96. The third-order valence-corrected chi connectivity index (χ3v) is 4.03. The molecule has 0 aliphatic heterocycles. The predicted octanol–water partition coefficient (Wildman–Crippen LogP) is 4.02. The minimum Gasteiger partial charge on any atom is -0.497 e. The molecule has 29 heavy (non-hydrogen) atoms. The largest absolute Gasteiger partial charge is 0.497 e. The molecule has 0 spiro atoms. The lowest BCUT2D eigenvalue weighted by atomic mass is 10.1. The summed E-state index contributed by atoms with van der Waals surface area (Å²) in [6, 6.07) is 17.6. The summed E-state index contributed by atoms with van der Waals surface area (Å²) in [5.74, 6) is 2.05. The Bertz CT molecular complexity index is 1090. The van der Waals surface area contributed by atoms with Crippen molar-refractivity contribution in [2.24, 2.45) is 0 Å². The number of nitrogens with zero attached hydrogens (tertiary/aromatic N) is 2. The van der Waals surface area contributed by atoms with Gasteiger partial charge in [-0.3, -0.25) is 4.79 Å². The fourth-order valence-corrected chi connectivity index (χ4v) is 2.62. The maximum absolute atomic E-state index is 12.3. The van der Waals surface area contributed by atoms with Gasteiger partial charge in [0, 0.05) is 0 Å². The van der Waals surface area contributed by atoms with Crippen LogP contribution in [-0.4, -0.2) is 29.8 Å². The smallest absolute Gasteiger partial charge is 0.262 e. The number of ether oxygens (including phenoxy) is 2. The zero-order chi connectivity index (χ0) is 20.1. The van der Waals surface area contributed by atoms with Gasteiger partial charge in [0.2, 0.25) is 5.82 Å². The van der Waals surface area contributed by atoms with Crippen molar-refractivity contribution in [3.05, 3.63) is 66.9 Å². The number of furan rings is 1. The second kappa shape index (κ2) is 8.30. The summed E-state index contributed by atoms with van der Waals surface area (Å²) in [6.45, 7) is -0.151. The van der Waals surface area contributed by atoms with Gasteiger partial charge in [-0.2, -0.15) is 4.98 Å². The number of carbonyl (C=O) groups is 1. The summed E-state index contributed by atoms with van der Waals surface area (Å²) in [4.78, 5) is 16.7. The zero-order valence-corrected chi connectivity index (χ0v) is 15.5. The number of aromatic nitrogens is 2. The first-order valence-corrected chi connectivity index (χ1v) is 8.76. The summed E-state index contributed by atoms with van der Waals surface area (Å²) >= 11 is 0. The summed E-state index contributed by atoms with van der Waals surface area (Å²) in [5.41, 5.74) is 1.13. The van der Waals surface area contributed by atoms with Crippen LogP contribution in [0.2, 0.25) is 0 Å². The highest BCUT2D eigenvalue weighted by molar-refractivity contribution is 5.95. The number of benzene rings is 2. The normalized spacial score (nSPS) is 10.5. The summed E-state index contributed by atoms with van der Waals surface area (Å²) < 4.78 is 21.2. The number of rotatable bonds is 7. The Labute approximate surface area is 166 Å². The van der Waals surface area contributed by atoms with Crippen LogP contribution in [0.25, 0.3) is 23.0 Å². The molecule has 2 heterocycles. The van der Waals surface area contributed by atoms with Gasteiger partial charge in [-0.05, 0) is 48.5 Å². The van der Waals surface area contributed by atoms with Crippen molar-refractivity contribution >= 4 is 11.6 Å². The van der Waals surface area contributed by atoms with Crippen molar-refractivity contribution in [3.8, 4) is 34.5 Å². The van der Waals surface area contributed by atoms with E-state index in [2.05, 4.69) is 15.5 Å². The van der Waals surface area contributed by atoms with Crippen molar-refractivity contribution in [3.63, 3.8) is 0 Å². The number of para-hydroxylation sites is 1. The van der Waals surface area contributed by atoms with Crippen LogP contribution < -0.4 is 14.8 Å². The lowest BCUT2D eigenvalue weighted by Crippen LogP contribution is -2.20. The van der Waals surface area contributed by atoms with Crippen LogP contribution >= 0.6 is 0 Å². The molecule has 8 nitrogen and oxygen atoms in total. The maximum Gasteiger partial charge on any atom is 0.262 e. The number of hydrogen-bond donors (Lipinski definition) is 1. The first kappa shape index (κ1) is 18.3. The topological polar surface area (TPSA) is 99.6 Å². The Balaban J connectivity index is 1.44. The van der Waals surface area contributed by atoms with Gasteiger partial charge in [-0.15, -0.1) is 0 Å². The van der Waals surface area contributed by atoms with Crippen LogP contribution in [0.4, 0.5) is 5.69 Å². The quantitative estimate of drug-likeness (QED) is 0.508. The van der Waals surface area contributed by atoms with Gasteiger partial charge in [-0.25, -0.2) is 0 Å². The molecule has 0 bridgehead atoms. The fraction of sp³-hybridized carbons (Fsp3) is 0.0952. The fourth-order valence-electron chi connectivity index (χ4n) is 2.62. The molecule has 2 aromatic carbocycles. The minimum atomic E-state index is -0.320. The van der Waals surface area contributed by atoms with Crippen molar-refractivity contribution in [2.75, 3.05) is 19.0 Å². The molecule has 0 saturated carbocycles. The molecule has 146 valence electrons. The van der Waals surface area contributed by atoms with E-state index in [0.717, 1.165) is 0 Å². The first-order chi connectivity index (χ1) is 14.2. The van der Waals surface area contributed by atoms with E-state index in [1.807, 2.05) is 6.07 Å². The third-order valence-electron chi connectivity index (χ3n) is 4.03. The molecule has 0 unspecified atom stereocenters. The van der Waals surface area contributed by atoms with Crippen LogP contribution in [0.5, 0.6) is 11.5 Å². The van der Waals surface area contributed by atoms with Gasteiger partial charge in [0.05, 0.1) is 24.6 Å². The highest BCUT2D eigenvalue weighted by Gasteiger charge is 2.16. The standard InChI is InChI=1S/C21H17N3O5/c1-26-14-8-10-15(11-9-14)28-13-19(25)22-17-6-3-2-5-16(17)21-23-20(24-29-21)18-7-4-12-27-18/h2-12H,13H2,1H3,(H,22,25). The molecule has 1 amide bonds. The van der Waals surface area contributed by atoms with Crippen LogP contribution in [0, 0.1) is 0 Å². The van der Waals surface area contributed by atoms with Crippen molar-refractivity contribution in [2.45, 2.75) is 0 Å². The van der Waals surface area contributed by atoms with E-state index in [1.165, 1.54) is 6.26 Å². The van der Waals surface area contributed by atoms with E-state index < -0.39 is 0 Å². The lowest BCUT2D eigenvalue weighted by Gasteiger charge is -2.10. The van der Waals surface area contributed by atoms with Gasteiger partial charge < -0.3 is 23.7 Å². The molecular formula is C21H17N3O5. The molecule has 4 aromatic rings. The lowest BCUT2D eigenvalue weighted by molar-refractivity contribution is -0.118. The summed E-state index contributed by atoms with van der Waals surface area (Å²) in [6.07, 6.45) is 1.53. The molecular weight excluding hydrogens is 374 g/mol. The Kier molecular flexibility index (Phi) is 5.24. The summed E-state index contributed by atoms with van der Waals surface area (Å²) in [7, 11) is 1.59. The Hall–Kier alpha value is -4.07. The van der Waals surface area contributed by atoms with Gasteiger partial charge in [-0.1, -0.05) is 17.3 Å². The molecule has 0 aliphatic carbocycles. The van der Waals surface area contributed by atoms with E-state index in [0.29, 0.717) is 34.3 Å². The zero-order valence-electron chi connectivity index (χ0n) is 15.5. The van der Waals surface area contributed by atoms with E-state index in [-0.39, 0.29) is 18.4 Å². The summed E-state index contributed by atoms with van der Waals surface area (Å²) in [5, 5.41) is 6.72. The Morgan fingerprint density at radius 3 is 2.59 bits per heavy atom. The van der Waals surface area contributed by atoms with Crippen molar-refractivity contribution in [1.82, 2.24) is 10.1 Å². The molecule has 0 radical (unpaired) electrons. The molecule has 0 fully saturated rings.